The molecule has 156 valence electrons. The Morgan fingerprint density at radius 1 is 1.00 bits per heavy atom. The van der Waals surface area contributed by atoms with Crippen molar-refractivity contribution in [1.82, 2.24) is 9.80 Å². The van der Waals surface area contributed by atoms with E-state index in [4.69, 9.17) is 4.74 Å². The second kappa shape index (κ2) is 8.57. The summed E-state index contributed by atoms with van der Waals surface area (Å²) >= 11 is 0. The van der Waals surface area contributed by atoms with Crippen LogP contribution in [0.25, 0.3) is 0 Å². The van der Waals surface area contributed by atoms with Gasteiger partial charge < -0.3 is 14.5 Å². The number of amides is 4. The molecule has 2 aromatic rings. The van der Waals surface area contributed by atoms with E-state index in [1.54, 1.807) is 41.3 Å². The molecule has 7 nitrogen and oxygen atoms in total. The number of benzene rings is 2. The van der Waals surface area contributed by atoms with E-state index in [0.717, 1.165) is 5.75 Å². The van der Waals surface area contributed by atoms with E-state index in [9.17, 15) is 14.4 Å². The Kier molecular flexibility index (Phi) is 5.70. The lowest BCUT2D eigenvalue weighted by molar-refractivity contribution is -0.116. The van der Waals surface area contributed by atoms with Crippen molar-refractivity contribution in [2.24, 2.45) is 0 Å². The molecule has 30 heavy (non-hydrogen) atoms. The SMILES string of the molecule is CCOc1ccc(C(=O)N2CCC(N3CC(=O)N(c4ccccc4)C3=O)CC2)cc1. The molecule has 0 bridgehead atoms. The van der Waals surface area contributed by atoms with Crippen molar-refractivity contribution in [1.29, 1.82) is 0 Å². The van der Waals surface area contributed by atoms with Gasteiger partial charge in [-0.3, -0.25) is 9.59 Å². The lowest BCUT2D eigenvalue weighted by atomic mass is 10.0. The molecule has 4 amide bonds. The number of imide groups is 1. The molecule has 0 aliphatic carbocycles. The van der Waals surface area contributed by atoms with Gasteiger partial charge in [0.25, 0.3) is 11.8 Å². The molecule has 0 radical (unpaired) electrons. The number of piperidine rings is 1. The van der Waals surface area contributed by atoms with Crippen molar-refractivity contribution in [2.75, 3.05) is 31.1 Å². The van der Waals surface area contributed by atoms with Gasteiger partial charge >= 0.3 is 6.03 Å². The van der Waals surface area contributed by atoms with Gasteiger partial charge in [-0.25, -0.2) is 9.69 Å². The summed E-state index contributed by atoms with van der Waals surface area (Å²) < 4.78 is 5.42. The predicted molar refractivity (Wildman–Crippen MR) is 113 cm³/mol. The van der Waals surface area contributed by atoms with Gasteiger partial charge in [0, 0.05) is 24.7 Å². The van der Waals surface area contributed by atoms with Crippen molar-refractivity contribution >= 4 is 23.5 Å². The summed E-state index contributed by atoms with van der Waals surface area (Å²) in [6.45, 7) is 3.70. The molecule has 2 aliphatic rings. The zero-order valence-electron chi connectivity index (χ0n) is 17.0. The van der Waals surface area contributed by atoms with Crippen LogP contribution in [0.1, 0.15) is 30.1 Å². The Labute approximate surface area is 175 Å². The molecule has 2 aromatic carbocycles. The molecule has 0 aromatic heterocycles. The third-order valence-electron chi connectivity index (χ3n) is 5.61. The van der Waals surface area contributed by atoms with E-state index in [2.05, 4.69) is 0 Å². The van der Waals surface area contributed by atoms with Crippen molar-refractivity contribution in [2.45, 2.75) is 25.8 Å². The highest BCUT2D eigenvalue weighted by Gasteiger charge is 2.41. The first-order valence-electron chi connectivity index (χ1n) is 10.3. The number of ether oxygens (including phenoxy) is 1. The van der Waals surface area contributed by atoms with Gasteiger partial charge in [-0.15, -0.1) is 0 Å². The summed E-state index contributed by atoms with van der Waals surface area (Å²) in [5.74, 6) is 0.512. The summed E-state index contributed by atoms with van der Waals surface area (Å²) in [6, 6.07) is 15.8. The Bertz CT molecular complexity index is 921. The first-order chi connectivity index (χ1) is 14.6. The molecule has 0 N–H and O–H groups in total. The molecule has 4 rings (SSSR count). The van der Waals surface area contributed by atoms with Crippen LogP contribution < -0.4 is 9.64 Å². The highest BCUT2D eigenvalue weighted by atomic mass is 16.5. The maximum Gasteiger partial charge on any atom is 0.332 e. The number of anilines is 1. The van der Waals surface area contributed by atoms with Crippen LogP contribution in [-0.4, -0.2) is 59.9 Å². The van der Waals surface area contributed by atoms with E-state index in [1.807, 2.05) is 30.0 Å². The zero-order valence-corrected chi connectivity index (χ0v) is 17.0. The van der Waals surface area contributed by atoms with Crippen LogP contribution in [0.2, 0.25) is 0 Å². The topological polar surface area (TPSA) is 70.2 Å². The van der Waals surface area contributed by atoms with E-state index in [-0.39, 0.29) is 30.4 Å². The first kappa shape index (κ1) is 19.9. The van der Waals surface area contributed by atoms with Gasteiger partial charge in [-0.2, -0.15) is 0 Å². The highest BCUT2D eigenvalue weighted by Crippen LogP contribution is 2.27. The number of rotatable bonds is 5. The smallest absolute Gasteiger partial charge is 0.332 e. The number of carbonyl (C=O) groups is 3. The Hall–Kier alpha value is -3.35. The second-order valence-electron chi connectivity index (χ2n) is 7.46. The largest absolute Gasteiger partial charge is 0.494 e. The number of likely N-dealkylation sites (tertiary alicyclic amines) is 1. The van der Waals surface area contributed by atoms with Crippen LogP contribution in [0.5, 0.6) is 5.75 Å². The Balaban J connectivity index is 1.37. The maximum atomic E-state index is 12.9. The predicted octanol–water partition coefficient (Wildman–Crippen LogP) is 3.16. The second-order valence-corrected chi connectivity index (χ2v) is 7.46. The van der Waals surface area contributed by atoms with Crippen molar-refractivity contribution < 1.29 is 19.1 Å². The van der Waals surface area contributed by atoms with Gasteiger partial charge in [0.1, 0.15) is 12.3 Å². The number of urea groups is 1. The molecule has 0 saturated carbocycles. The molecular formula is C23H25N3O4. The minimum absolute atomic E-state index is 0.0220. The third-order valence-corrected chi connectivity index (χ3v) is 5.61. The molecular weight excluding hydrogens is 382 g/mol. The minimum Gasteiger partial charge on any atom is -0.494 e. The summed E-state index contributed by atoms with van der Waals surface area (Å²) in [5.41, 5.74) is 1.22. The van der Waals surface area contributed by atoms with Crippen LogP contribution in [0.3, 0.4) is 0 Å². The van der Waals surface area contributed by atoms with Crippen LogP contribution in [0.4, 0.5) is 10.5 Å². The average molecular weight is 407 g/mol. The van der Waals surface area contributed by atoms with Crippen LogP contribution >= 0.6 is 0 Å². The van der Waals surface area contributed by atoms with Crippen molar-refractivity contribution in [3.8, 4) is 5.75 Å². The van der Waals surface area contributed by atoms with E-state index >= 15 is 0 Å². The molecule has 0 unspecified atom stereocenters. The fourth-order valence-electron chi connectivity index (χ4n) is 4.06. The Morgan fingerprint density at radius 3 is 2.30 bits per heavy atom. The number of carbonyl (C=O) groups excluding carboxylic acids is 3. The van der Waals surface area contributed by atoms with Gasteiger partial charge in [0.2, 0.25) is 0 Å². The Morgan fingerprint density at radius 2 is 1.67 bits per heavy atom. The highest BCUT2D eigenvalue weighted by molar-refractivity contribution is 6.19. The quantitative estimate of drug-likeness (QED) is 0.714. The minimum atomic E-state index is -0.275. The van der Waals surface area contributed by atoms with E-state index < -0.39 is 0 Å². The van der Waals surface area contributed by atoms with Crippen LogP contribution in [-0.2, 0) is 4.79 Å². The molecule has 2 fully saturated rings. The monoisotopic (exact) mass is 407 g/mol. The van der Waals surface area contributed by atoms with E-state index in [0.29, 0.717) is 43.8 Å². The molecule has 0 atom stereocenters. The maximum absolute atomic E-state index is 12.9. The van der Waals surface area contributed by atoms with Gasteiger partial charge in [-0.05, 0) is 56.2 Å². The van der Waals surface area contributed by atoms with Crippen LogP contribution in [0, 0.1) is 0 Å². The molecule has 2 saturated heterocycles. The number of hydrogen-bond donors (Lipinski definition) is 0. The fourth-order valence-corrected chi connectivity index (χ4v) is 4.06. The van der Waals surface area contributed by atoms with Crippen LogP contribution in [0.15, 0.2) is 54.6 Å². The van der Waals surface area contributed by atoms with Gasteiger partial charge in [0.15, 0.2) is 0 Å². The number of nitrogens with zero attached hydrogens (tertiary/aromatic N) is 3. The average Bonchev–Trinajstić information content (AvgIpc) is 3.08. The van der Waals surface area contributed by atoms with Gasteiger partial charge in [-0.1, -0.05) is 18.2 Å². The molecule has 2 heterocycles. The summed E-state index contributed by atoms with van der Waals surface area (Å²) in [4.78, 5) is 42.8. The summed E-state index contributed by atoms with van der Waals surface area (Å²) in [6.07, 6.45) is 1.31. The first-order valence-corrected chi connectivity index (χ1v) is 10.3. The standard InChI is InChI=1S/C23H25N3O4/c1-2-30-20-10-8-17(9-11-20)22(28)24-14-12-18(13-15-24)25-16-21(27)26(23(25)29)19-6-4-3-5-7-19/h3-11,18H,2,12-16H2,1H3. The number of hydrogen-bond acceptors (Lipinski definition) is 4. The fraction of sp³-hybridized carbons (Fsp3) is 0.348. The summed E-state index contributed by atoms with van der Waals surface area (Å²) in [7, 11) is 0. The number of para-hydroxylation sites is 1. The van der Waals surface area contributed by atoms with E-state index in [1.165, 1.54) is 4.90 Å². The zero-order chi connectivity index (χ0) is 21.1. The molecule has 7 heteroatoms. The molecule has 2 aliphatic heterocycles. The molecule has 0 spiro atoms. The van der Waals surface area contributed by atoms with Crippen molar-refractivity contribution in [3.05, 3.63) is 60.2 Å². The summed E-state index contributed by atoms with van der Waals surface area (Å²) in [5, 5.41) is 0. The van der Waals surface area contributed by atoms with Crippen molar-refractivity contribution in [3.63, 3.8) is 0 Å². The van der Waals surface area contributed by atoms with Gasteiger partial charge in [0.05, 0.1) is 12.3 Å². The third kappa shape index (κ3) is 3.87. The normalized spacial score (nSPS) is 17.6. The lowest BCUT2D eigenvalue weighted by Crippen LogP contribution is -2.48. The lowest BCUT2D eigenvalue weighted by Gasteiger charge is -2.36.